The summed E-state index contributed by atoms with van der Waals surface area (Å²) >= 11 is 0. The first-order chi connectivity index (χ1) is 5.95. The molecule has 0 unspecified atom stereocenters. The zero-order valence-corrected chi connectivity index (χ0v) is 8.40. The van der Waals surface area contributed by atoms with Crippen molar-refractivity contribution in [2.24, 2.45) is 11.5 Å². The van der Waals surface area contributed by atoms with E-state index in [1.807, 2.05) is 0 Å². The molecule has 0 amide bonds. The molecule has 0 aromatic rings. The van der Waals surface area contributed by atoms with Crippen molar-refractivity contribution >= 4 is 18.4 Å². The molecule has 0 aromatic carbocycles. The van der Waals surface area contributed by atoms with Gasteiger partial charge in [0.2, 0.25) is 0 Å². The van der Waals surface area contributed by atoms with Crippen molar-refractivity contribution in [3.63, 3.8) is 0 Å². The first-order valence-corrected chi connectivity index (χ1v) is 3.95. The van der Waals surface area contributed by atoms with Gasteiger partial charge in [0, 0.05) is 0 Å². The van der Waals surface area contributed by atoms with Gasteiger partial charge in [0.05, 0.1) is 0 Å². The second-order valence-corrected chi connectivity index (χ2v) is 2.89. The van der Waals surface area contributed by atoms with Crippen LogP contribution < -0.4 is 11.5 Å². The molecule has 0 rings (SSSR count). The van der Waals surface area contributed by atoms with Crippen molar-refractivity contribution in [3.05, 3.63) is 0 Å². The molecule has 0 spiro atoms. The average Bonchev–Trinajstić information content (AvgIpc) is 2.03. The minimum absolute atomic E-state index is 0. The van der Waals surface area contributed by atoms with Crippen LogP contribution >= 0.6 is 12.4 Å². The van der Waals surface area contributed by atoms with Crippen molar-refractivity contribution in [1.82, 2.24) is 0 Å². The van der Waals surface area contributed by atoms with Gasteiger partial charge < -0.3 is 16.6 Å². The van der Waals surface area contributed by atoms with Gasteiger partial charge >= 0.3 is 5.97 Å². The van der Waals surface area contributed by atoms with E-state index in [-0.39, 0.29) is 18.8 Å². The number of nitrogens with two attached hydrogens (primary N) is 2. The molecule has 14 heavy (non-hydrogen) atoms. The molecule has 5 N–H and O–H groups in total. The molecule has 0 fully saturated rings. The lowest BCUT2D eigenvalue weighted by Crippen LogP contribution is -2.54. The maximum Gasteiger partial charge on any atom is 0.329 e. The van der Waals surface area contributed by atoms with E-state index in [9.17, 15) is 13.6 Å². The average molecular weight is 233 g/mol. The molecule has 0 saturated carbocycles. The molecule has 4 nitrogen and oxygen atoms in total. The molecule has 86 valence electrons. The first-order valence-electron chi connectivity index (χ1n) is 3.95. The number of rotatable bonds is 6. The molecule has 0 aliphatic rings. The zero-order chi connectivity index (χ0) is 10.5. The monoisotopic (exact) mass is 232 g/mol. The highest BCUT2D eigenvalue weighted by atomic mass is 35.5. The fourth-order valence-electron chi connectivity index (χ4n) is 0.871. The minimum atomic E-state index is -3.05. The van der Waals surface area contributed by atoms with E-state index in [1.54, 1.807) is 0 Å². The van der Waals surface area contributed by atoms with Gasteiger partial charge in [0.1, 0.15) is 0 Å². The van der Waals surface area contributed by atoms with Crippen LogP contribution in [0.1, 0.15) is 19.3 Å². The van der Waals surface area contributed by atoms with E-state index in [1.165, 1.54) is 0 Å². The lowest BCUT2D eigenvalue weighted by Gasteiger charge is -2.23. The molecule has 0 aliphatic heterocycles. The van der Waals surface area contributed by atoms with Crippen molar-refractivity contribution in [2.45, 2.75) is 31.2 Å². The summed E-state index contributed by atoms with van der Waals surface area (Å²) in [5, 5.41) is 8.47. The summed E-state index contributed by atoms with van der Waals surface area (Å²) in [6.45, 7) is 0.346. The number of halogens is 3. The van der Waals surface area contributed by atoms with E-state index < -0.39 is 17.9 Å². The van der Waals surface area contributed by atoms with Gasteiger partial charge in [0.15, 0.2) is 5.54 Å². The van der Waals surface area contributed by atoms with E-state index >= 15 is 0 Å². The van der Waals surface area contributed by atoms with E-state index in [4.69, 9.17) is 16.6 Å². The Hall–Kier alpha value is -0.460. The number of carbonyl (C=O) groups is 1. The first kappa shape index (κ1) is 16.0. The third kappa shape index (κ3) is 4.17. The number of unbranched alkanes of at least 4 members (excludes halogenated alkanes) is 1. The van der Waals surface area contributed by atoms with Crippen molar-refractivity contribution < 1.29 is 18.7 Å². The summed E-state index contributed by atoms with van der Waals surface area (Å²) in [7, 11) is 0. The molecule has 0 aromatic heterocycles. The number of carboxylic acid groups (broad SMARTS) is 1. The van der Waals surface area contributed by atoms with Gasteiger partial charge in [-0.2, -0.15) is 0 Å². The number of aliphatic carboxylic acids is 1. The predicted molar refractivity (Wildman–Crippen MR) is 50.7 cm³/mol. The fourth-order valence-corrected chi connectivity index (χ4v) is 0.871. The van der Waals surface area contributed by atoms with Crippen molar-refractivity contribution in [2.75, 3.05) is 6.54 Å². The molecule has 0 saturated heterocycles. The lowest BCUT2D eigenvalue weighted by atomic mass is 9.94. The standard InChI is InChI=1S/C7H14F2N2O2.ClH/c8-5(9)7(11,6(12)13)3-1-2-4-10;/h5H,1-4,10-11H2,(H,12,13);1H/t7-;/m1./s1. The van der Waals surface area contributed by atoms with Crippen LogP contribution in [-0.4, -0.2) is 29.6 Å². The number of hydrogen-bond acceptors (Lipinski definition) is 3. The smallest absolute Gasteiger partial charge is 0.329 e. The van der Waals surface area contributed by atoms with Gasteiger partial charge in [-0.3, -0.25) is 0 Å². The molecule has 0 aliphatic carbocycles. The van der Waals surface area contributed by atoms with Crippen LogP contribution in [0.5, 0.6) is 0 Å². The Morgan fingerprint density at radius 3 is 2.21 bits per heavy atom. The summed E-state index contributed by atoms with van der Waals surface area (Å²) in [5.74, 6) is -1.67. The largest absolute Gasteiger partial charge is 0.480 e. The van der Waals surface area contributed by atoms with E-state index in [2.05, 4.69) is 0 Å². The van der Waals surface area contributed by atoms with Crippen LogP contribution in [0.15, 0.2) is 0 Å². The normalized spacial score (nSPS) is 14.6. The summed E-state index contributed by atoms with van der Waals surface area (Å²) < 4.78 is 24.4. The number of carboxylic acids is 1. The maximum atomic E-state index is 12.2. The third-order valence-electron chi connectivity index (χ3n) is 1.83. The number of alkyl halides is 2. The molecule has 0 radical (unpaired) electrons. The highest BCUT2D eigenvalue weighted by molar-refractivity contribution is 5.85. The maximum absolute atomic E-state index is 12.2. The topological polar surface area (TPSA) is 89.3 Å². The Kier molecular flexibility index (Phi) is 7.90. The van der Waals surface area contributed by atoms with Crippen LogP contribution in [0.4, 0.5) is 8.78 Å². The van der Waals surface area contributed by atoms with Gasteiger partial charge in [-0.25, -0.2) is 13.6 Å². The quantitative estimate of drug-likeness (QED) is 0.585. The highest BCUT2D eigenvalue weighted by Gasteiger charge is 2.42. The molecule has 1 atom stereocenters. The van der Waals surface area contributed by atoms with Crippen molar-refractivity contribution in [1.29, 1.82) is 0 Å². The minimum Gasteiger partial charge on any atom is -0.480 e. The second kappa shape index (κ2) is 6.92. The third-order valence-corrected chi connectivity index (χ3v) is 1.83. The number of hydrogen-bond donors (Lipinski definition) is 3. The van der Waals surface area contributed by atoms with Gasteiger partial charge in [-0.15, -0.1) is 12.4 Å². The Morgan fingerprint density at radius 2 is 1.93 bits per heavy atom. The van der Waals surface area contributed by atoms with Crippen LogP contribution in [0.2, 0.25) is 0 Å². The summed E-state index contributed by atoms with van der Waals surface area (Å²) in [6, 6.07) is 0. The van der Waals surface area contributed by atoms with E-state index in [0.717, 1.165) is 0 Å². The van der Waals surface area contributed by atoms with Crippen LogP contribution in [-0.2, 0) is 4.79 Å². The van der Waals surface area contributed by atoms with Crippen LogP contribution in [0, 0.1) is 0 Å². The second-order valence-electron chi connectivity index (χ2n) is 2.89. The fraction of sp³-hybridized carbons (Fsp3) is 0.857. The van der Waals surface area contributed by atoms with Crippen molar-refractivity contribution in [3.8, 4) is 0 Å². The zero-order valence-electron chi connectivity index (χ0n) is 7.58. The summed E-state index contributed by atoms with van der Waals surface area (Å²) in [5.41, 5.74) is 7.75. The SMILES string of the molecule is Cl.NCCCC[C@](N)(C(=O)O)C(F)F. The van der Waals surface area contributed by atoms with Crippen LogP contribution in [0.3, 0.4) is 0 Å². The molecule has 0 heterocycles. The van der Waals surface area contributed by atoms with Gasteiger partial charge in [0.25, 0.3) is 6.43 Å². The summed E-state index contributed by atoms with van der Waals surface area (Å²) in [6.07, 6.45) is -2.51. The Morgan fingerprint density at radius 1 is 1.43 bits per heavy atom. The molecule has 7 heteroatoms. The predicted octanol–water partition coefficient (Wildman–Crippen LogP) is 0.584. The molecular formula is C7H15ClF2N2O2. The summed E-state index contributed by atoms with van der Waals surface area (Å²) in [4.78, 5) is 10.4. The molecular weight excluding hydrogens is 218 g/mol. The highest BCUT2D eigenvalue weighted by Crippen LogP contribution is 2.20. The van der Waals surface area contributed by atoms with Crippen LogP contribution in [0.25, 0.3) is 0 Å². The van der Waals surface area contributed by atoms with Gasteiger partial charge in [-0.05, 0) is 25.8 Å². The van der Waals surface area contributed by atoms with E-state index in [0.29, 0.717) is 19.4 Å². The molecule has 0 bridgehead atoms. The Bertz CT molecular complexity index is 183. The Labute approximate surface area is 87.0 Å². The van der Waals surface area contributed by atoms with Gasteiger partial charge in [-0.1, -0.05) is 0 Å². The Balaban J connectivity index is 0. The lowest BCUT2D eigenvalue weighted by molar-refractivity contribution is -0.150.